The second-order valence-corrected chi connectivity index (χ2v) is 8.97. The fourth-order valence-corrected chi connectivity index (χ4v) is 5.06. The number of halogens is 3. The van der Waals surface area contributed by atoms with Crippen LogP contribution in [0.3, 0.4) is 0 Å². The number of hydrogen-bond acceptors (Lipinski definition) is 5. The number of benzene rings is 1. The molecule has 0 bridgehead atoms. The molecular formula is C18H22ClFIN5O. The summed E-state index contributed by atoms with van der Waals surface area (Å²) in [5.74, 6) is 0.0943. The highest BCUT2D eigenvalue weighted by atomic mass is 127. The molecule has 1 aromatic carbocycles. The largest absolute Gasteiger partial charge is 0.373 e. The SMILES string of the molecule is Cc1c(Cl)c2c3c(nc(=O)n(I)c3c1F)N1CC(C)N(C)CC1CCN2C. The van der Waals surface area contributed by atoms with Crippen molar-refractivity contribution in [1.82, 2.24) is 12.7 Å². The van der Waals surface area contributed by atoms with Crippen LogP contribution in [-0.4, -0.2) is 58.5 Å². The average Bonchev–Trinajstić information content (AvgIpc) is 2.62. The summed E-state index contributed by atoms with van der Waals surface area (Å²) in [5, 5.41) is 1.02. The molecule has 2 aliphatic rings. The number of hydrogen-bond donors (Lipinski definition) is 0. The molecule has 0 amide bonds. The lowest BCUT2D eigenvalue weighted by atomic mass is 10.00. The van der Waals surface area contributed by atoms with Gasteiger partial charge in [-0.25, -0.2) is 12.0 Å². The summed E-state index contributed by atoms with van der Waals surface area (Å²) >= 11 is 8.43. The van der Waals surface area contributed by atoms with Gasteiger partial charge in [0.1, 0.15) is 11.3 Å². The number of nitrogens with zero attached hydrogens (tertiary/aromatic N) is 5. The Morgan fingerprint density at radius 1 is 1.30 bits per heavy atom. The highest BCUT2D eigenvalue weighted by Gasteiger charge is 2.36. The monoisotopic (exact) mass is 505 g/mol. The number of piperazine rings is 1. The van der Waals surface area contributed by atoms with Crippen molar-refractivity contribution in [2.75, 3.05) is 43.5 Å². The summed E-state index contributed by atoms with van der Waals surface area (Å²) in [6, 6.07) is 0.525. The number of likely N-dealkylation sites (N-methyl/N-ethyl adjacent to an activating group) is 1. The van der Waals surface area contributed by atoms with E-state index in [4.69, 9.17) is 11.6 Å². The first-order chi connectivity index (χ1) is 12.7. The van der Waals surface area contributed by atoms with Crippen LogP contribution in [0.2, 0.25) is 5.02 Å². The summed E-state index contributed by atoms with van der Waals surface area (Å²) in [6.45, 7) is 6.22. The Balaban J connectivity index is 2.13. The minimum absolute atomic E-state index is 0.213. The van der Waals surface area contributed by atoms with E-state index in [1.165, 1.54) is 2.78 Å². The van der Waals surface area contributed by atoms with Gasteiger partial charge in [0.2, 0.25) is 0 Å². The van der Waals surface area contributed by atoms with Crippen molar-refractivity contribution >= 4 is 56.9 Å². The molecule has 1 saturated heterocycles. The standard InChI is InChI=1S/C18H22ClFIN5O/c1-9-7-25-11(8-24(9)4)5-6-23(3)15-12-16(14(20)10(2)13(15)19)26(21)18(27)22-17(12)25/h9,11H,5-8H2,1-4H3. The molecule has 0 radical (unpaired) electrons. The van der Waals surface area contributed by atoms with Gasteiger partial charge in [0.15, 0.2) is 5.82 Å². The second-order valence-electron chi connectivity index (χ2n) is 7.63. The maximum atomic E-state index is 15.2. The minimum atomic E-state index is -0.460. The predicted molar refractivity (Wildman–Crippen MR) is 116 cm³/mol. The first-order valence-corrected chi connectivity index (χ1v) is 10.3. The smallest absolute Gasteiger partial charge is 0.359 e. The normalized spacial score (nSPS) is 23.4. The Morgan fingerprint density at radius 2 is 2.00 bits per heavy atom. The topological polar surface area (TPSA) is 44.6 Å². The molecule has 3 heterocycles. The Morgan fingerprint density at radius 3 is 2.70 bits per heavy atom. The summed E-state index contributed by atoms with van der Waals surface area (Å²) in [4.78, 5) is 23.5. The van der Waals surface area contributed by atoms with Crippen molar-refractivity contribution in [3.8, 4) is 0 Å². The zero-order chi connectivity index (χ0) is 19.6. The van der Waals surface area contributed by atoms with E-state index >= 15 is 4.39 Å². The molecule has 2 atom stereocenters. The van der Waals surface area contributed by atoms with Gasteiger partial charge in [-0.2, -0.15) is 4.98 Å². The first-order valence-electron chi connectivity index (χ1n) is 9.00. The molecule has 1 fully saturated rings. The third-order valence-corrected chi connectivity index (χ3v) is 7.30. The Hall–Kier alpha value is -1.13. The lowest BCUT2D eigenvalue weighted by molar-refractivity contribution is 0.195. The van der Waals surface area contributed by atoms with E-state index in [1.54, 1.807) is 6.92 Å². The maximum absolute atomic E-state index is 15.2. The first kappa shape index (κ1) is 19.2. The molecular weight excluding hydrogens is 484 g/mol. The van der Waals surface area contributed by atoms with Crippen LogP contribution in [-0.2, 0) is 0 Å². The van der Waals surface area contributed by atoms with Crippen LogP contribution in [0, 0.1) is 12.7 Å². The number of aromatic nitrogens is 2. The van der Waals surface area contributed by atoms with Crippen LogP contribution in [0.5, 0.6) is 0 Å². The van der Waals surface area contributed by atoms with Gasteiger partial charge >= 0.3 is 5.69 Å². The highest BCUT2D eigenvalue weighted by molar-refractivity contribution is 14.1. The molecule has 2 aliphatic heterocycles. The average molecular weight is 506 g/mol. The van der Waals surface area contributed by atoms with Gasteiger partial charge in [0.25, 0.3) is 0 Å². The molecule has 27 heavy (non-hydrogen) atoms. The molecule has 0 spiro atoms. The van der Waals surface area contributed by atoms with E-state index in [-0.39, 0.29) is 11.6 Å². The van der Waals surface area contributed by atoms with Gasteiger partial charge < -0.3 is 9.80 Å². The number of rotatable bonds is 0. The van der Waals surface area contributed by atoms with Crippen LogP contribution < -0.4 is 15.5 Å². The minimum Gasteiger partial charge on any atom is -0.373 e. The molecule has 0 N–H and O–H groups in total. The summed E-state index contributed by atoms with van der Waals surface area (Å²) < 4.78 is 16.5. The molecule has 4 rings (SSSR count). The van der Waals surface area contributed by atoms with Crippen molar-refractivity contribution < 1.29 is 4.39 Å². The zero-order valence-electron chi connectivity index (χ0n) is 15.8. The molecule has 146 valence electrons. The van der Waals surface area contributed by atoms with Gasteiger partial charge in [-0.05, 0) is 27.3 Å². The quantitative estimate of drug-likeness (QED) is 0.515. The molecule has 0 saturated carbocycles. The number of anilines is 2. The van der Waals surface area contributed by atoms with Crippen molar-refractivity contribution in [2.24, 2.45) is 0 Å². The van der Waals surface area contributed by atoms with Crippen molar-refractivity contribution in [3.05, 3.63) is 26.9 Å². The van der Waals surface area contributed by atoms with Crippen LogP contribution in [0.15, 0.2) is 4.79 Å². The van der Waals surface area contributed by atoms with Crippen LogP contribution in [0.1, 0.15) is 18.9 Å². The Bertz CT molecular complexity index is 996. The third kappa shape index (κ3) is 2.82. The van der Waals surface area contributed by atoms with E-state index in [2.05, 4.69) is 33.7 Å². The van der Waals surface area contributed by atoms with Crippen molar-refractivity contribution in [1.29, 1.82) is 0 Å². The van der Waals surface area contributed by atoms with Crippen LogP contribution in [0.25, 0.3) is 10.9 Å². The Labute approximate surface area is 176 Å². The lowest BCUT2D eigenvalue weighted by Crippen LogP contribution is -2.57. The lowest BCUT2D eigenvalue weighted by Gasteiger charge is -2.46. The summed E-state index contributed by atoms with van der Waals surface area (Å²) in [6.07, 6.45) is 0.913. The number of fused-ring (bicyclic) bond motifs is 2. The van der Waals surface area contributed by atoms with Crippen LogP contribution >= 0.6 is 34.5 Å². The third-order valence-electron chi connectivity index (χ3n) is 5.94. The molecule has 2 aromatic rings. The van der Waals surface area contributed by atoms with Gasteiger partial charge in [-0.1, -0.05) is 11.6 Å². The highest BCUT2D eigenvalue weighted by Crippen LogP contribution is 2.44. The van der Waals surface area contributed by atoms with Gasteiger partial charge in [-0.3, -0.25) is 4.90 Å². The van der Waals surface area contributed by atoms with E-state index in [9.17, 15) is 4.79 Å². The molecule has 0 aliphatic carbocycles. The zero-order valence-corrected chi connectivity index (χ0v) is 18.7. The molecule has 9 heteroatoms. The maximum Gasteiger partial charge on any atom is 0.359 e. The summed E-state index contributed by atoms with van der Waals surface area (Å²) in [5.41, 5.74) is 0.917. The molecule has 1 aromatic heterocycles. The predicted octanol–water partition coefficient (Wildman–Crippen LogP) is 3.04. The van der Waals surface area contributed by atoms with Gasteiger partial charge in [0.05, 0.1) is 39.0 Å². The summed E-state index contributed by atoms with van der Waals surface area (Å²) in [7, 11) is 4.08. The fourth-order valence-electron chi connectivity index (χ4n) is 4.18. The van der Waals surface area contributed by atoms with Gasteiger partial charge in [0, 0.05) is 44.3 Å². The van der Waals surface area contributed by atoms with Crippen molar-refractivity contribution in [3.63, 3.8) is 0 Å². The molecule has 6 nitrogen and oxygen atoms in total. The van der Waals surface area contributed by atoms with E-state index in [1.807, 2.05) is 29.9 Å². The van der Waals surface area contributed by atoms with Crippen LogP contribution in [0.4, 0.5) is 15.9 Å². The van der Waals surface area contributed by atoms with E-state index in [0.717, 1.165) is 31.7 Å². The Kier molecular flexibility index (Phi) is 4.79. The fraction of sp³-hybridized carbons (Fsp3) is 0.556. The second kappa shape index (κ2) is 6.73. The van der Waals surface area contributed by atoms with Crippen molar-refractivity contribution in [2.45, 2.75) is 32.4 Å². The van der Waals surface area contributed by atoms with Gasteiger partial charge in [-0.15, -0.1) is 0 Å². The molecule has 2 unspecified atom stereocenters. The van der Waals surface area contributed by atoms with E-state index in [0.29, 0.717) is 27.8 Å². The van der Waals surface area contributed by atoms with E-state index < -0.39 is 11.5 Å².